The molecular weight excluding hydrogens is 322 g/mol. The van der Waals surface area contributed by atoms with Crippen LogP contribution in [-0.2, 0) is 0 Å². The van der Waals surface area contributed by atoms with Crippen LogP contribution in [0.2, 0.25) is 0 Å². The monoisotopic (exact) mass is 339 g/mol. The molecule has 0 radical (unpaired) electrons. The molecule has 1 heterocycles. The molecule has 0 saturated heterocycles. The zero-order chi connectivity index (χ0) is 17.8. The van der Waals surface area contributed by atoms with Crippen molar-refractivity contribution in [3.63, 3.8) is 0 Å². The maximum atomic E-state index is 11.1. The van der Waals surface area contributed by atoms with Crippen molar-refractivity contribution in [2.24, 2.45) is 5.10 Å². The van der Waals surface area contributed by atoms with Crippen LogP contribution in [-0.4, -0.2) is 27.7 Å². The van der Waals surface area contributed by atoms with Gasteiger partial charge in [0.05, 0.1) is 28.8 Å². The van der Waals surface area contributed by atoms with Crippen LogP contribution in [0.15, 0.2) is 41.5 Å². The Labute approximate surface area is 143 Å². The van der Waals surface area contributed by atoms with Gasteiger partial charge in [-0.2, -0.15) is 5.10 Å². The summed E-state index contributed by atoms with van der Waals surface area (Å²) in [6.45, 7) is 4.14. The number of hydrazone groups is 1. The number of aryl methyl sites for hydroxylation is 1. The minimum absolute atomic E-state index is 0.0926. The number of H-pyrrole nitrogens is 1. The van der Waals surface area contributed by atoms with Gasteiger partial charge in [0.15, 0.2) is 5.75 Å². The standard InChI is InChI=1S/C17H17N5O3/c1-3-25-16-7-5-12(9-15(16)22(23)24)10-18-21-17-19-13-6-4-11(2)8-14(13)20-17/h4-10H,3H2,1-2H3,(H2,19,20,21)/b18-10-. The molecule has 1 aromatic heterocycles. The first-order chi connectivity index (χ1) is 12.1. The van der Waals surface area contributed by atoms with Crippen molar-refractivity contribution >= 4 is 28.9 Å². The summed E-state index contributed by atoms with van der Waals surface area (Å²) in [5.74, 6) is 0.738. The quantitative estimate of drug-likeness (QED) is 0.405. The van der Waals surface area contributed by atoms with Crippen LogP contribution in [0.1, 0.15) is 18.1 Å². The fourth-order valence-corrected chi connectivity index (χ4v) is 2.38. The highest BCUT2D eigenvalue weighted by Gasteiger charge is 2.15. The number of nitro benzene ring substituents is 1. The smallest absolute Gasteiger partial charge is 0.311 e. The minimum atomic E-state index is -0.475. The topological polar surface area (TPSA) is 105 Å². The van der Waals surface area contributed by atoms with E-state index in [9.17, 15) is 10.1 Å². The summed E-state index contributed by atoms with van der Waals surface area (Å²) < 4.78 is 5.25. The molecule has 8 heteroatoms. The SMILES string of the molecule is CCOc1ccc(/C=N\Nc2nc3ccc(C)cc3[nH]2)cc1[N+](=O)[O-]. The van der Waals surface area contributed by atoms with E-state index in [-0.39, 0.29) is 11.4 Å². The zero-order valence-corrected chi connectivity index (χ0v) is 13.8. The number of benzene rings is 2. The average molecular weight is 339 g/mol. The van der Waals surface area contributed by atoms with E-state index in [1.807, 2.05) is 25.1 Å². The van der Waals surface area contributed by atoms with Crippen molar-refractivity contribution in [1.82, 2.24) is 9.97 Å². The van der Waals surface area contributed by atoms with Crippen LogP contribution in [0.4, 0.5) is 11.6 Å². The third kappa shape index (κ3) is 3.74. The van der Waals surface area contributed by atoms with Gasteiger partial charge in [-0.05, 0) is 43.7 Å². The summed E-state index contributed by atoms with van der Waals surface area (Å²) >= 11 is 0. The number of nitro groups is 1. The van der Waals surface area contributed by atoms with E-state index < -0.39 is 4.92 Å². The lowest BCUT2D eigenvalue weighted by Crippen LogP contribution is -1.99. The molecule has 0 unspecified atom stereocenters. The Bertz CT molecular complexity index is 949. The Balaban J connectivity index is 1.76. The Morgan fingerprint density at radius 1 is 1.36 bits per heavy atom. The number of nitrogens with zero attached hydrogens (tertiary/aromatic N) is 3. The van der Waals surface area contributed by atoms with Crippen LogP contribution in [0.3, 0.4) is 0 Å². The number of aromatic amines is 1. The van der Waals surface area contributed by atoms with Crippen molar-refractivity contribution in [3.8, 4) is 5.75 Å². The van der Waals surface area contributed by atoms with E-state index in [0.29, 0.717) is 18.1 Å². The third-order valence-corrected chi connectivity index (χ3v) is 3.50. The maximum absolute atomic E-state index is 11.1. The fraction of sp³-hybridized carbons (Fsp3) is 0.176. The Hall–Kier alpha value is -3.42. The fourth-order valence-electron chi connectivity index (χ4n) is 2.38. The van der Waals surface area contributed by atoms with Gasteiger partial charge in [0.1, 0.15) is 0 Å². The van der Waals surface area contributed by atoms with Crippen LogP contribution < -0.4 is 10.2 Å². The highest BCUT2D eigenvalue weighted by molar-refractivity contribution is 5.82. The summed E-state index contributed by atoms with van der Waals surface area (Å²) in [5, 5.41) is 15.2. The number of hydrogen-bond donors (Lipinski definition) is 2. The van der Waals surface area contributed by atoms with Crippen LogP contribution in [0.25, 0.3) is 11.0 Å². The summed E-state index contributed by atoms with van der Waals surface area (Å²) in [6.07, 6.45) is 1.49. The second-order valence-corrected chi connectivity index (χ2v) is 5.39. The van der Waals surface area contributed by atoms with Crippen molar-refractivity contribution in [2.45, 2.75) is 13.8 Å². The van der Waals surface area contributed by atoms with E-state index in [4.69, 9.17) is 4.74 Å². The Morgan fingerprint density at radius 3 is 2.96 bits per heavy atom. The molecule has 0 saturated carbocycles. The third-order valence-electron chi connectivity index (χ3n) is 3.50. The van der Waals surface area contributed by atoms with Gasteiger partial charge in [-0.25, -0.2) is 10.4 Å². The molecular formula is C17H17N5O3. The molecule has 0 fully saturated rings. The largest absolute Gasteiger partial charge is 0.487 e. The van der Waals surface area contributed by atoms with Crippen LogP contribution >= 0.6 is 0 Å². The number of aromatic nitrogens is 2. The lowest BCUT2D eigenvalue weighted by Gasteiger charge is -2.04. The van der Waals surface area contributed by atoms with Gasteiger partial charge in [-0.1, -0.05) is 6.07 Å². The van der Waals surface area contributed by atoms with Crippen LogP contribution in [0.5, 0.6) is 5.75 Å². The second-order valence-electron chi connectivity index (χ2n) is 5.39. The molecule has 0 aliphatic rings. The van der Waals surface area contributed by atoms with E-state index in [1.165, 1.54) is 12.3 Å². The Kier molecular flexibility index (Phi) is 4.60. The van der Waals surface area contributed by atoms with Gasteiger partial charge in [-0.15, -0.1) is 0 Å². The number of rotatable bonds is 6. The van der Waals surface area contributed by atoms with Crippen molar-refractivity contribution in [2.75, 3.05) is 12.0 Å². The summed E-state index contributed by atoms with van der Waals surface area (Å²) in [6, 6.07) is 10.6. The van der Waals surface area contributed by atoms with Gasteiger partial charge >= 0.3 is 5.69 Å². The van der Waals surface area contributed by atoms with Gasteiger partial charge in [0.2, 0.25) is 5.95 Å². The van der Waals surface area contributed by atoms with Gasteiger partial charge in [0, 0.05) is 11.6 Å². The summed E-state index contributed by atoms with van der Waals surface area (Å²) in [4.78, 5) is 18.1. The number of anilines is 1. The minimum Gasteiger partial charge on any atom is -0.487 e. The molecule has 8 nitrogen and oxygen atoms in total. The molecule has 3 aromatic rings. The lowest BCUT2D eigenvalue weighted by molar-refractivity contribution is -0.385. The number of hydrogen-bond acceptors (Lipinski definition) is 6. The molecule has 0 amide bonds. The van der Waals surface area contributed by atoms with E-state index in [2.05, 4.69) is 20.5 Å². The molecule has 0 aliphatic heterocycles. The lowest BCUT2D eigenvalue weighted by atomic mass is 10.2. The van der Waals surface area contributed by atoms with Crippen molar-refractivity contribution in [1.29, 1.82) is 0 Å². The van der Waals surface area contributed by atoms with E-state index in [1.54, 1.807) is 19.1 Å². The molecule has 2 N–H and O–H groups in total. The first-order valence-corrected chi connectivity index (χ1v) is 7.73. The van der Waals surface area contributed by atoms with Gasteiger partial charge < -0.3 is 9.72 Å². The Morgan fingerprint density at radius 2 is 2.20 bits per heavy atom. The van der Waals surface area contributed by atoms with E-state index in [0.717, 1.165) is 16.6 Å². The highest BCUT2D eigenvalue weighted by Crippen LogP contribution is 2.27. The maximum Gasteiger partial charge on any atom is 0.311 e. The zero-order valence-electron chi connectivity index (χ0n) is 13.8. The summed E-state index contributed by atoms with van der Waals surface area (Å²) in [5.41, 5.74) is 6.16. The molecule has 0 spiro atoms. The highest BCUT2D eigenvalue weighted by atomic mass is 16.6. The molecule has 0 atom stereocenters. The second kappa shape index (κ2) is 7.00. The molecule has 25 heavy (non-hydrogen) atoms. The summed E-state index contributed by atoms with van der Waals surface area (Å²) in [7, 11) is 0. The predicted molar refractivity (Wildman–Crippen MR) is 96.3 cm³/mol. The predicted octanol–water partition coefficient (Wildman–Crippen LogP) is 3.62. The van der Waals surface area contributed by atoms with Gasteiger partial charge in [0.25, 0.3) is 0 Å². The number of imidazole rings is 1. The van der Waals surface area contributed by atoms with E-state index >= 15 is 0 Å². The van der Waals surface area contributed by atoms with Gasteiger partial charge in [-0.3, -0.25) is 10.1 Å². The molecule has 128 valence electrons. The number of nitrogens with one attached hydrogen (secondary N) is 2. The molecule has 2 aromatic carbocycles. The first-order valence-electron chi connectivity index (χ1n) is 7.73. The number of fused-ring (bicyclic) bond motifs is 1. The normalized spacial score (nSPS) is 11.1. The molecule has 3 rings (SSSR count). The van der Waals surface area contributed by atoms with Crippen molar-refractivity contribution in [3.05, 3.63) is 57.6 Å². The first kappa shape index (κ1) is 16.4. The molecule has 0 aliphatic carbocycles. The number of ether oxygens (including phenoxy) is 1. The molecule has 0 bridgehead atoms. The van der Waals surface area contributed by atoms with Crippen molar-refractivity contribution < 1.29 is 9.66 Å². The van der Waals surface area contributed by atoms with Crippen LogP contribution in [0, 0.1) is 17.0 Å². The average Bonchev–Trinajstić information content (AvgIpc) is 2.98.